The Hall–Kier alpha value is -1.66. The van der Waals surface area contributed by atoms with E-state index in [1.807, 2.05) is 6.07 Å². The van der Waals surface area contributed by atoms with Gasteiger partial charge in [0, 0.05) is 25.2 Å². The van der Waals surface area contributed by atoms with E-state index in [9.17, 15) is 10.1 Å². The highest BCUT2D eigenvalue weighted by atomic mass is 16.6. The minimum absolute atomic E-state index is 0.0123. The van der Waals surface area contributed by atoms with Crippen molar-refractivity contribution in [3.8, 4) is 0 Å². The lowest BCUT2D eigenvalue weighted by molar-refractivity contribution is -0.384. The molecule has 0 saturated heterocycles. The van der Waals surface area contributed by atoms with Gasteiger partial charge in [0.1, 0.15) is 5.69 Å². The molecule has 6 nitrogen and oxygen atoms in total. The van der Waals surface area contributed by atoms with Gasteiger partial charge < -0.3 is 5.43 Å². The average molecular weight is 280 g/mol. The van der Waals surface area contributed by atoms with E-state index in [0.29, 0.717) is 24.2 Å². The highest BCUT2D eigenvalue weighted by Gasteiger charge is 2.17. The number of benzene rings is 1. The van der Waals surface area contributed by atoms with Crippen molar-refractivity contribution in [2.24, 2.45) is 11.8 Å². The quantitative estimate of drug-likeness (QED) is 0.456. The van der Waals surface area contributed by atoms with Gasteiger partial charge in [-0.2, -0.15) is 0 Å². The summed E-state index contributed by atoms with van der Waals surface area (Å²) in [6.07, 6.45) is 0. The summed E-state index contributed by atoms with van der Waals surface area (Å²) in [5.74, 6) is 5.84. The zero-order valence-corrected chi connectivity index (χ0v) is 12.6. The average Bonchev–Trinajstić information content (AvgIpc) is 2.37. The summed E-state index contributed by atoms with van der Waals surface area (Å²) >= 11 is 0. The van der Waals surface area contributed by atoms with Crippen LogP contribution in [0.2, 0.25) is 0 Å². The molecule has 0 aliphatic carbocycles. The van der Waals surface area contributed by atoms with Crippen LogP contribution >= 0.6 is 0 Å². The maximum atomic E-state index is 11.0. The van der Waals surface area contributed by atoms with Crippen LogP contribution in [0.1, 0.15) is 33.3 Å². The third-order valence-corrected chi connectivity index (χ3v) is 3.13. The molecule has 0 spiro atoms. The number of nitrogen functional groups attached to an aromatic ring is 1. The molecule has 0 aliphatic rings. The van der Waals surface area contributed by atoms with Gasteiger partial charge >= 0.3 is 0 Å². The number of nitro groups is 1. The highest BCUT2D eigenvalue weighted by Crippen LogP contribution is 2.25. The number of hydrazine groups is 1. The number of nitrogens with one attached hydrogen (secondary N) is 1. The first-order valence-electron chi connectivity index (χ1n) is 6.83. The Bertz CT molecular complexity index is 460. The SMILES string of the molecule is CC(C)CN(Cc1ccc(NN)c([N+](=O)[O-])c1)C(C)C. The van der Waals surface area contributed by atoms with Gasteiger partial charge in [0.25, 0.3) is 5.69 Å². The molecule has 1 rings (SSSR count). The summed E-state index contributed by atoms with van der Waals surface area (Å²) in [6, 6.07) is 5.51. The summed E-state index contributed by atoms with van der Waals surface area (Å²) in [5, 5.41) is 11.0. The lowest BCUT2D eigenvalue weighted by Gasteiger charge is -2.28. The monoisotopic (exact) mass is 280 g/mol. The van der Waals surface area contributed by atoms with E-state index in [4.69, 9.17) is 5.84 Å². The van der Waals surface area contributed by atoms with Crippen molar-refractivity contribution in [2.45, 2.75) is 40.3 Å². The van der Waals surface area contributed by atoms with E-state index in [2.05, 4.69) is 38.0 Å². The normalized spacial score (nSPS) is 11.4. The fraction of sp³-hybridized carbons (Fsp3) is 0.571. The molecule has 0 aromatic heterocycles. The van der Waals surface area contributed by atoms with Crippen LogP contribution in [0.3, 0.4) is 0 Å². The molecule has 0 unspecified atom stereocenters. The largest absolute Gasteiger partial charge is 0.318 e. The summed E-state index contributed by atoms with van der Waals surface area (Å²) in [5.41, 5.74) is 3.62. The van der Waals surface area contributed by atoms with Crippen LogP contribution < -0.4 is 11.3 Å². The number of rotatable bonds is 7. The van der Waals surface area contributed by atoms with Crippen LogP contribution in [0.15, 0.2) is 18.2 Å². The molecule has 0 aliphatic heterocycles. The van der Waals surface area contributed by atoms with Crippen LogP contribution in [0.4, 0.5) is 11.4 Å². The summed E-state index contributed by atoms with van der Waals surface area (Å²) in [6.45, 7) is 10.3. The number of hydrogen-bond acceptors (Lipinski definition) is 5. The zero-order valence-electron chi connectivity index (χ0n) is 12.6. The Morgan fingerprint density at radius 2 is 2.00 bits per heavy atom. The summed E-state index contributed by atoms with van der Waals surface area (Å²) in [4.78, 5) is 12.9. The Morgan fingerprint density at radius 3 is 2.45 bits per heavy atom. The summed E-state index contributed by atoms with van der Waals surface area (Å²) in [7, 11) is 0. The molecule has 1 aromatic carbocycles. The lowest BCUT2D eigenvalue weighted by atomic mass is 10.1. The highest BCUT2D eigenvalue weighted by molar-refractivity contribution is 5.61. The number of anilines is 1. The van der Waals surface area contributed by atoms with Crippen molar-refractivity contribution in [2.75, 3.05) is 12.0 Å². The predicted molar refractivity (Wildman–Crippen MR) is 81.3 cm³/mol. The molecule has 0 heterocycles. The lowest BCUT2D eigenvalue weighted by Crippen LogP contribution is -2.33. The Balaban J connectivity index is 2.96. The van der Waals surface area contributed by atoms with E-state index in [0.717, 1.165) is 12.1 Å². The zero-order chi connectivity index (χ0) is 15.3. The maximum Gasteiger partial charge on any atom is 0.293 e. The van der Waals surface area contributed by atoms with Crippen molar-refractivity contribution < 1.29 is 4.92 Å². The van der Waals surface area contributed by atoms with Crippen molar-refractivity contribution in [3.63, 3.8) is 0 Å². The molecule has 3 N–H and O–H groups in total. The van der Waals surface area contributed by atoms with E-state index >= 15 is 0 Å². The fourth-order valence-corrected chi connectivity index (χ4v) is 2.11. The molecule has 0 fully saturated rings. The molecule has 1 aromatic rings. The molecule has 0 bridgehead atoms. The molecule has 0 amide bonds. The van der Waals surface area contributed by atoms with Gasteiger partial charge in [0.15, 0.2) is 0 Å². The van der Waals surface area contributed by atoms with Gasteiger partial charge in [-0.15, -0.1) is 0 Å². The molecule has 112 valence electrons. The van der Waals surface area contributed by atoms with Gasteiger partial charge in [-0.05, 0) is 31.4 Å². The third kappa shape index (κ3) is 4.47. The van der Waals surface area contributed by atoms with E-state index in [1.165, 1.54) is 0 Å². The minimum Gasteiger partial charge on any atom is -0.318 e. The van der Waals surface area contributed by atoms with Gasteiger partial charge in [-0.25, -0.2) is 0 Å². The number of hydrogen-bond donors (Lipinski definition) is 2. The second kappa shape index (κ2) is 7.21. The van der Waals surface area contributed by atoms with Crippen molar-refractivity contribution in [1.82, 2.24) is 4.90 Å². The van der Waals surface area contributed by atoms with E-state index in [1.54, 1.807) is 12.1 Å². The van der Waals surface area contributed by atoms with Crippen LogP contribution in [0, 0.1) is 16.0 Å². The molecular formula is C14H24N4O2. The molecular weight excluding hydrogens is 256 g/mol. The van der Waals surface area contributed by atoms with Crippen LogP contribution in [0.25, 0.3) is 0 Å². The first-order valence-corrected chi connectivity index (χ1v) is 6.83. The third-order valence-electron chi connectivity index (χ3n) is 3.13. The Kier molecular flexibility index (Phi) is 5.91. The Morgan fingerprint density at radius 1 is 1.35 bits per heavy atom. The van der Waals surface area contributed by atoms with Crippen LogP contribution in [-0.4, -0.2) is 22.4 Å². The molecule has 6 heteroatoms. The van der Waals surface area contributed by atoms with Gasteiger partial charge in [0.05, 0.1) is 4.92 Å². The molecule has 0 atom stereocenters. The number of nitro benzene ring substituents is 1. The number of nitrogens with zero attached hydrogens (tertiary/aromatic N) is 2. The first kappa shape index (κ1) is 16.4. The first-order chi connectivity index (χ1) is 9.35. The van der Waals surface area contributed by atoms with Gasteiger partial charge in [-0.3, -0.25) is 20.9 Å². The van der Waals surface area contributed by atoms with Gasteiger partial charge in [0.2, 0.25) is 0 Å². The second-order valence-corrected chi connectivity index (χ2v) is 5.67. The maximum absolute atomic E-state index is 11.0. The van der Waals surface area contributed by atoms with Crippen molar-refractivity contribution in [3.05, 3.63) is 33.9 Å². The topological polar surface area (TPSA) is 84.4 Å². The minimum atomic E-state index is -0.416. The second-order valence-electron chi connectivity index (χ2n) is 5.67. The summed E-state index contributed by atoms with van der Waals surface area (Å²) < 4.78 is 0. The smallest absolute Gasteiger partial charge is 0.293 e. The van der Waals surface area contributed by atoms with Crippen molar-refractivity contribution >= 4 is 11.4 Å². The fourth-order valence-electron chi connectivity index (χ4n) is 2.11. The Labute approximate surface area is 120 Å². The molecule has 0 radical (unpaired) electrons. The van der Waals surface area contributed by atoms with E-state index < -0.39 is 4.92 Å². The molecule has 0 saturated carbocycles. The van der Waals surface area contributed by atoms with Crippen molar-refractivity contribution in [1.29, 1.82) is 0 Å². The van der Waals surface area contributed by atoms with E-state index in [-0.39, 0.29) is 5.69 Å². The molecule has 20 heavy (non-hydrogen) atoms. The van der Waals surface area contributed by atoms with Crippen LogP contribution in [-0.2, 0) is 6.54 Å². The van der Waals surface area contributed by atoms with Crippen LogP contribution in [0.5, 0.6) is 0 Å². The van der Waals surface area contributed by atoms with Gasteiger partial charge in [-0.1, -0.05) is 19.9 Å². The predicted octanol–water partition coefficient (Wildman–Crippen LogP) is 2.75. The number of nitrogens with two attached hydrogens (primary N) is 1. The standard InChI is InChI=1S/C14H24N4O2/c1-10(2)8-17(11(3)4)9-12-5-6-13(16-15)14(7-12)18(19)20/h5-7,10-11,16H,8-9,15H2,1-4H3.